The number of carbonyl (C=O) groups excluding carboxylic acids is 1. The lowest BCUT2D eigenvalue weighted by Crippen LogP contribution is -2.10. The van der Waals surface area contributed by atoms with E-state index >= 15 is 0 Å². The van der Waals surface area contributed by atoms with Gasteiger partial charge in [-0.05, 0) is 13.5 Å². The number of hydrogen-bond donors (Lipinski definition) is 2. The maximum Gasteiger partial charge on any atom is 0.371 e. The Kier molecular flexibility index (Phi) is 8.35. The summed E-state index contributed by atoms with van der Waals surface area (Å²) in [5.74, 6) is -2.74. The van der Waals surface area contributed by atoms with Gasteiger partial charge in [0.25, 0.3) is 0 Å². The lowest BCUT2D eigenvalue weighted by Gasteiger charge is -2.00. The van der Waals surface area contributed by atoms with Gasteiger partial charge < -0.3 is 18.9 Å². The number of carbonyl (C=O) groups is 2. The van der Waals surface area contributed by atoms with Crippen molar-refractivity contribution in [1.82, 2.24) is 0 Å². The third kappa shape index (κ3) is 12.5. The molecule has 0 saturated heterocycles. The number of aliphatic carboxylic acids is 1. The van der Waals surface area contributed by atoms with Crippen LogP contribution in [0.5, 0.6) is 0 Å². The van der Waals surface area contributed by atoms with Crippen molar-refractivity contribution >= 4 is 23.3 Å². The number of carboxylic acid groups (broad SMARTS) is 1. The fourth-order valence-electron chi connectivity index (χ4n) is 0.243. The summed E-state index contributed by atoms with van der Waals surface area (Å²) in [6, 6.07) is 0. The molecule has 8 heteroatoms. The molecule has 0 aliphatic heterocycles. The smallest absolute Gasteiger partial charge is 0.371 e. The Bertz CT molecular complexity index is 278. The van der Waals surface area contributed by atoms with Crippen LogP contribution in [0.1, 0.15) is 6.92 Å². The maximum absolute atomic E-state index is 10.6. The number of rotatable bonds is 3. The summed E-state index contributed by atoms with van der Waals surface area (Å²) >= 11 is -2.86. The van der Waals surface area contributed by atoms with Gasteiger partial charge in [-0.2, -0.15) is 0 Å². The van der Waals surface area contributed by atoms with E-state index in [9.17, 15) is 9.59 Å². The second-order valence-corrected chi connectivity index (χ2v) is 2.55. The number of ether oxygens (including phenoxy) is 1. The Morgan fingerprint density at radius 1 is 1.40 bits per heavy atom. The summed E-state index contributed by atoms with van der Waals surface area (Å²) in [7, 11) is 0. The van der Waals surface area contributed by atoms with Crippen LogP contribution >= 0.6 is 0 Å². The van der Waals surface area contributed by atoms with Crippen molar-refractivity contribution in [2.75, 3.05) is 0 Å². The van der Waals surface area contributed by atoms with Crippen molar-refractivity contribution in [2.45, 2.75) is 6.92 Å². The molecule has 0 aromatic carbocycles. The van der Waals surface area contributed by atoms with Crippen molar-refractivity contribution in [3.63, 3.8) is 0 Å². The molecule has 0 saturated carbocycles. The molecule has 0 aromatic rings. The van der Waals surface area contributed by atoms with Gasteiger partial charge >= 0.3 is 11.9 Å². The third-order valence-electron chi connectivity index (χ3n) is 0.803. The summed E-state index contributed by atoms with van der Waals surface area (Å²) in [6.07, 6.45) is 0. The van der Waals surface area contributed by atoms with E-state index in [1.807, 2.05) is 0 Å². The van der Waals surface area contributed by atoms with Gasteiger partial charge in [-0.3, -0.25) is 0 Å². The lowest BCUT2D eigenvalue weighted by molar-refractivity contribution is -0.145. The summed E-state index contributed by atoms with van der Waals surface area (Å²) in [5.41, 5.74) is 0.132. The summed E-state index contributed by atoms with van der Waals surface area (Å²) < 4.78 is 28.3. The summed E-state index contributed by atoms with van der Waals surface area (Å²) in [6.45, 7) is 7.67. The first-order valence-corrected chi connectivity index (χ1v) is 4.29. The fourth-order valence-corrected chi connectivity index (χ4v) is 0.243. The quantitative estimate of drug-likeness (QED) is 0.307. The lowest BCUT2D eigenvalue weighted by atomic mass is 10.4. The minimum absolute atomic E-state index is 0.132. The monoisotopic (exact) mass is 237 g/mol. The van der Waals surface area contributed by atoms with Crippen LogP contribution in [-0.4, -0.2) is 30.4 Å². The molecule has 0 aliphatic carbocycles. The maximum atomic E-state index is 10.6. The van der Waals surface area contributed by atoms with Crippen LogP contribution in [0.25, 0.3) is 0 Å². The predicted molar refractivity (Wildman–Crippen MR) is 49.2 cm³/mol. The van der Waals surface area contributed by atoms with Crippen LogP contribution in [0.2, 0.25) is 0 Å². The van der Waals surface area contributed by atoms with E-state index in [0.717, 1.165) is 0 Å². The molecule has 1 atom stereocenters. The van der Waals surface area contributed by atoms with Gasteiger partial charge in [0.05, 0.1) is 11.4 Å². The summed E-state index contributed by atoms with van der Waals surface area (Å²) in [5, 5.41) is 8.21. The minimum atomic E-state index is -2.86. The Morgan fingerprint density at radius 3 is 1.93 bits per heavy atom. The number of esters is 1. The van der Waals surface area contributed by atoms with Crippen molar-refractivity contribution < 1.29 is 32.7 Å². The van der Waals surface area contributed by atoms with E-state index in [0.29, 0.717) is 0 Å². The molecule has 0 fully saturated rings. The van der Waals surface area contributed by atoms with Crippen LogP contribution in [0, 0.1) is 0 Å². The molecule has 0 amide bonds. The van der Waals surface area contributed by atoms with Crippen LogP contribution in [0.15, 0.2) is 24.5 Å². The van der Waals surface area contributed by atoms with Gasteiger partial charge in [-0.15, -0.1) is 0 Å². The van der Waals surface area contributed by atoms with Crippen LogP contribution in [-0.2, 0) is 25.7 Å². The zero-order chi connectivity index (χ0) is 12.6. The molecule has 0 radical (unpaired) electrons. The largest absolute Gasteiger partial charge is 0.750 e. The standard InChI is InChI=1S/C7H8O4.H2O3S/c1-4(2)7(10)11-5(3)6(8)9;1-4(2)3/h1,3H2,2H3,(H,8,9);(H2,1,2,3)/p-1. The second kappa shape index (κ2) is 7.85. The van der Waals surface area contributed by atoms with Crippen molar-refractivity contribution in [1.29, 1.82) is 0 Å². The molecule has 7 nitrogen and oxygen atoms in total. The predicted octanol–water partition coefficient (Wildman–Crippen LogP) is 0.0425. The zero-order valence-electron chi connectivity index (χ0n) is 7.76. The average molecular weight is 237 g/mol. The van der Waals surface area contributed by atoms with E-state index in [2.05, 4.69) is 17.9 Å². The van der Waals surface area contributed by atoms with Crippen molar-refractivity contribution in [3.8, 4) is 0 Å². The van der Waals surface area contributed by atoms with Gasteiger partial charge in [-0.25, -0.2) is 13.8 Å². The molecular weight excluding hydrogens is 228 g/mol. The van der Waals surface area contributed by atoms with Gasteiger partial charge in [-0.1, -0.05) is 6.58 Å². The van der Waals surface area contributed by atoms with Crippen molar-refractivity contribution in [2.24, 2.45) is 0 Å². The molecule has 1 unspecified atom stereocenters. The normalized spacial score (nSPS) is 10.3. The van der Waals surface area contributed by atoms with E-state index in [4.69, 9.17) is 18.4 Å². The Labute approximate surface area is 88.2 Å². The minimum Gasteiger partial charge on any atom is -0.750 e. The van der Waals surface area contributed by atoms with Gasteiger partial charge in [0, 0.05) is 5.57 Å². The van der Waals surface area contributed by atoms with E-state index in [1.165, 1.54) is 6.92 Å². The highest BCUT2D eigenvalue weighted by Crippen LogP contribution is 1.99. The second-order valence-electron chi connectivity index (χ2n) is 2.12. The van der Waals surface area contributed by atoms with E-state index < -0.39 is 29.1 Å². The van der Waals surface area contributed by atoms with Crippen molar-refractivity contribution in [3.05, 3.63) is 24.5 Å². The first kappa shape index (κ1) is 15.9. The molecule has 2 N–H and O–H groups in total. The topological polar surface area (TPSA) is 124 Å². The molecule has 15 heavy (non-hydrogen) atoms. The average Bonchev–Trinajstić information content (AvgIpc) is 2.02. The molecule has 0 bridgehead atoms. The first-order valence-electron chi connectivity index (χ1n) is 3.26. The molecule has 86 valence electrons. The Balaban J connectivity index is 0. The SMILES string of the molecule is C=C(C)C(=O)OC(=C)C(=O)O.O=S([O-])O. The molecule has 0 aromatic heterocycles. The summed E-state index contributed by atoms with van der Waals surface area (Å²) in [4.78, 5) is 20.7. The molecule has 0 aliphatic rings. The highest BCUT2D eigenvalue weighted by molar-refractivity contribution is 7.73. The number of hydrogen-bond acceptors (Lipinski definition) is 5. The first-order chi connectivity index (χ1) is 6.68. The third-order valence-corrected chi connectivity index (χ3v) is 0.803. The fraction of sp³-hybridized carbons (Fsp3) is 0.143. The molecule has 0 spiro atoms. The van der Waals surface area contributed by atoms with Crippen LogP contribution in [0.3, 0.4) is 0 Å². The zero-order valence-corrected chi connectivity index (χ0v) is 8.57. The van der Waals surface area contributed by atoms with Crippen LogP contribution in [0.4, 0.5) is 0 Å². The highest BCUT2D eigenvalue weighted by Gasteiger charge is 2.10. The van der Waals surface area contributed by atoms with E-state index in [-0.39, 0.29) is 5.57 Å². The van der Waals surface area contributed by atoms with E-state index in [1.54, 1.807) is 0 Å². The molecular formula is C7H9O7S-. The molecule has 0 heterocycles. The highest BCUT2D eigenvalue weighted by atomic mass is 32.2. The van der Waals surface area contributed by atoms with Crippen LogP contribution < -0.4 is 0 Å². The number of carboxylic acids is 1. The van der Waals surface area contributed by atoms with Gasteiger partial charge in [0.15, 0.2) is 0 Å². The van der Waals surface area contributed by atoms with Gasteiger partial charge in [0.1, 0.15) is 0 Å². The Morgan fingerprint density at radius 2 is 1.73 bits per heavy atom. The molecule has 0 rings (SSSR count). The Hall–Kier alpha value is -1.51. The van der Waals surface area contributed by atoms with Gasteiger partial charge in [0.2, 0.25) is 5.76 Å².